The highest BCUT2D eigenvalue weighted by atomic mass is 35.5. The van der Waals surface area contributed by atoms with Gasteiger partial charge < -0.3 is 4.90 Å². The quantitative estimate of drug-likeness (QED) is 0.316. The molecule has 158 valence electrons. The van der Waals surface area contributed by atoms with Gasteiger partial charge in [0.05, 0.1) is 0 Å². The van der Waals surface area contributed by atoms with Gasteiger partial charge in [-0.15, -0.1) is 0 Å². The van der Waals surface area contributed by atoms with Crippen LogP contribution in [0.4, 0.5) is 17.1 Å². The first-order chi connectivity index (χ1) is 16.3. The fourth-order valence-electron chi connectivity index (χ4n) is 5.28. The van der Waals surface area contributed by atoms with Gasteiger partial charge >= 0.3 is 0 Å². The standard InChI is InChI=1S/C30H22ClNSi/c31-23-20-21-28-30(22-23)33(25-14-6-2-7-15-25,26-16-8-3-9-17-26)29-19-11-10-18-27(29)32(28)24-12-4-1-5-13-24/h1-22H. The fourth-order valence-corrected chi connectivity index (χ4v) is 10.7. The van der Waals surface area contributed by atoms with Crippen LogP contribution in [0.15, 0.2) is 133 Å². The van der Waals surface area contributed by atoms with Gasteiger partial charge in [-0.25, -0.2) is 0 Å². The van der Waals surface area contributed by atoms with Crippen molar-refractivity contribution in [2.24, 2.45) is 0 Å². The Morgan fingerprint density at radius 1 is 0.485 bits per heavy atom. The third kappa shape index (κ3) is 3.06. The molecule has 0 N–H and O–H groups in total. The Morgan fingerprint density at radius 2 is 1.00 bits per heavy atom. The van der Waals surface area contributed by atoms with Crippen molar-refractivity contribution >= 4 is 57.5 Å². The summed E-state index contributed by atoms with van der Waals surface area (Å²) in [5.74, 6) is 0. The Bertz CT molecular complexity index is 1380. The number of hydrogen-bond acceptors (Lipinski definition) is 1. The molecule has 0 aliphatic carbocycles. The van der Waals surface area contributed by atoms with E-state index in [2.05, 4.69) is 132 Å². The van der Waals surface area contributed by atoms with Crippen molar-refractivity contribution in [1.82, 2.24) is 0 Å². The molecule has 1 nitrogen and oxygen atoms in total. The van der Waals surface area contributed by atoms with E-state index in [-0.39, 0.29) is 0 Å². The molecule has 5 aromatic rings. The van der Waals surface area contributed by atoms with Crippen LogP contribution >= 0.6 is 11.6 Å². The number of para-hydroxylation sites is 2. The third-order valence-electron chi connectivity index (χ3n) is 6.58. The molecule has 6 rings (SSSR count). The normalized spacial score (nSPS) is 13.8. The van der Waals surface area contributed by atoms with Gasteiger partial charge in [0.25, 0.3) is 0 Å². The first-order valence-corrected chi connectivity index (χ1v) is 13.5. The van der Waals surface area contributed by atoms with E-state index in [0.717, 1.165) is 10.7 Å². The molecule has 1 aliphatic heterocycles. The molecule has 0 spiro atoms. The van der Waals surface area contributed by atoms with Crippen LogP contribution in [0.5, 0.6) is 0 Å². The van der Waals surface area contributed by atoms with Crippen molar-refractivity contribution in [3.8, 4) is 0 Å². The molecule has 3 heteroatoms. The molecule has 33 heavy (non-hydrogen) atoms. The van der Waals surface area contributed by atoms with Crippen LogP contribution in [-0.4, -0.2) is 8.07 Å². The lowest BCUT2D eigenvalue weighted by molar-refractivity contribution is 1.29. The van der Waals surface area contributed by atoms with E-state index in [9.17, 15) is 0 Å². The van der Waals surface area contributed by atoms with Gasteiger partial charge in [0.15, 0.2) is 8.07 Å². The molecule has 0 atom stereocenters. The second kappa shape index (κ2) is 8.07. The maximum Gasteiger partial charge on any atom is 0.184 e. The zero-order valence-electron chi connectivity index (χ0n) is 18.0. The lowest BCUT2D eigenvalue weighted by Gasteiger charge is -2.45. The summed E-state index contributed by atoms with van der Waals surface area (Å²) < 4.78 is 0. The summed E-state index contributed by atoms with van der Waals surface area (Å²) in [5.41, 5.74) is 3.58. The number of halogens is 1. The van der Waals surface area contributed by atoms with E-state index in [1.165, 1.54) is 32.1 Å². The molecule has 0 aromatic heterocycles. The first kappa shape index (κ1) is 20.0. The third-order valence-corrected chi connectivity index (χ3v) is 11.7. The van der Waals surface area contributed by atoms with E-state index in [1.54, 1.807) is 0 Å². The monoisotopic (exact) mass is 459 g/mol. The molecule has 1 aliphatic rings. The molecule has 1 heterocycles. The second-order valence-corrected chi connectivity index (χ2v) is 12.5. The zero-order chi connectivity index (χ0) is 22.3. The van der Waals surface area contributed by atoms with Crippen molar-refractivity contribution in [1.29, 1.82) is 0 Å². The number of rotatable bonds is 3. The number of nitrogens with zero attached hydrogens (tertiary/aromatic N) is 1. The average Bonchev–Trinajstić information content (AvgIpc) is 2.89. The van der Waals surface area contributed by atoms with Crippen molar-refractivity contribution in [3.63, 3.8) is 0 Å². The molecule has 0 bridgehead atoms. The molecular weight excluding hydrogens is 438 g/mol. The molecule has 0 radical (unpaired) electrons. The van der Waals surface area contributed by atoms with Crippen LogP contribution in [0.3, 0.4) is 0 Å². The van der Waals surface area contributed by atoms with E-state index < -0.39 is 8.07 Å². The Balaban J connectivity index is 1.80. The molecular formula is C30H22ClNSi. The Labute approximate surface area is 200 Å². The number of fused-ring (bicyclic) bond motifs is 2. The summed E-state index contributed by atoms with van der Waals surface area (Å²) in [4.78, 5) is 2.39. The summed E-state index contributed by atoms with van der Waals surface area (Å²) in [7, 11) is -2.61. The fraction of sp³-hybridized carbons (Fsp3) is 0. The van der Waals surface area contributed by atoms with Crippen molar-refractivity contribution in [2.45, 2.75) is 0 Å². The van der Waals surface area contributed by atoms with Crippen molar-refractivity contribution in [3.05, 3.63) is 138 Å². The van der Waals surface area contributed by atoms with Gasteiger partial charge in [0, 0.05) is 22.1 Å². The van der Waals surface area contributed by atoms with Crippen LogP contribution in [0.1, 0.15) is 0 Å². The van der Waals surface area contributed by atoms with Gasteiger partial charge in [-0.2, -0.15) is 0 Å². The number of benzene rings is 5. The number of hydrogen-bond donors (Lipinski definition) is 0. The van der Waals surface area contributed by atoms with Gasteiger partial charge in [-0.1, -0.05) is 109 Å². The Hall–Kier alpha value is -3.59. The van der Waals surface area contributed by atoms with Gasteiger partial charge in [0.2, 0.25) is 0 Å². The number of anilines is 3. The zero-order valence-corrected chi connectivity index (χ0v) is 19.8. The Kier molecular flexibility index (Phi) is 4.90. The van der Waals surface area contributed by atoms with Crippen LogP contribution in [0.25, 0.3) is 0 Å². The highest BCUT2D eigenvalue weighted by molar-refractivity contribution is 7.21. The minimum absolute atomic E-state index is 0.768. The van der Waals surface area contributed by atoms with E-state index >= 15 is 0 Å². The average molecular weight is 460 g/mol. The van der Waals surface area contributed by atoms with Gasteiger partial charge in [-0.3, -0.25) is 0 Å². The predicted molar refractivity (Wildman–Crippen MR) is 143 cm³/mol. The van der Waals surface area contributed by atoms with Gasteiger partial charge in [-0.05, 0) is 57.1 Å². The highest BCUT2D eigenvalue weighted by Crippen LogP contribution is 2.38. The molecule has 0 saturated carbocycles. The van der Waals surface area contributed by atoms with Crippen LogP contribution in [0, 0.1) is 0 Å². The molecule has 5 aromatic carbocycles. The molecule has 0 fully saturated rings. The lowest BCUT2D eigenvalue weighted by Crippen LogP contribution is -2.77. The Morgan fingerprint density at radius 3 is 1.64 bits per heavy atom. The van der Waals surface area contributed by atoms with E-state index in [0.29, 0.717) is 0 Å². The van der Waals surface area contributed by atoms with Crippen LogP contribution < -0.4 is 25.6 Å². The highest BCUT2D eigenvalue weighted by Gasteiger charge is 2.48. The summed E-state index contributed by atoms with van der Waals surface area (Å²) >= 11 is 6.70. The summed E-state index contributed by atoms with van der Waals surface area (Å²) in [6.07, 6.45) is 0. The molecule has 0 unspecified atom stereocenters. The summed E-state index contributed by atoms with van der Waals surface area (Å²) in [5, 5.41) is 6.18. The van der Waals surface area contributed by atoms with Crippen LogP contribution in [-0.2, 0) is 0 Å². The largest absolute Gasteiger partial charge is 0.311 e. The second-order valence-electron chi connectivity index (χ2n) is 8.33. The minimum Gasteiger partial charge on any atom is -0.311 e. The van der Waals surface area contributed by atoms with Crippen molar-refractivity contribution in [2.75, 3.05) is 4.90 Å². The minimum atomic E-state index is -2.61. The predicted octanol–water partition coefficient (Wildman–Crippen LogP) is 5.50. The van der Waals surface area contributed by atoms with Crippen molar-refractivity contribution < 1.29 is 0 Å². The first-order valence-electron chi connectivity index (χ1n) is 11.2. The SMILES string of the molecule is Clc1ccc2c(c1)[Si](c1ccccc1)(c1ccccc1)c1ccccc1N2c1ccccc1. The molecule has 0 saturated heterocycles. The van der Waals surface area contributed by atoms with Crippen LogP contribution in [0.2, 0.25) is 5.02 Å². The molecule has 0 amide bonds. The lowest BCUT2D eigenvalue weighted by atomic mass is 10.2. The topological polar surface area (TPSA) is 3.24 Å². The summed E-state index contributed by atoms with van der Waals surface area (Å²) in [6.45, 7) is 0. The van der Waals surface area contributed by atoms with Gasteiger partial charge in [0.1, 0.15) is 0 Å². The van der Waals surface area contributed by atoms with E-state index in [4.69, 9.17) is 11.6 Å². The maximum absolute atomic E-state index is 6.70. The smallest absolute Gasteiger partial charge is 0.184 e. The maximum atomic E-state index is 6.70. The van der Waals surface area contributed by atoms with E-state index in [1.807, 2.05) is 6.07 Å². The summed E-state index contributed by atoms with van der Waals surface area (Å²) in [6, 6.07) is 47.9.